The number of amides is 3. The molecule has 1 atom stereocenters. The fourth-order valence-electron chi connectivity index (χ4n) is 3.04. The third-order valence-corrected chi connectivity index (χ3v) is 4.98. The largest absolute Gasteiger partial charge is 0.573 e. The molecule has 1 saturated heterocycles. The molecule has 0 aliphatic carbocycles. The highest BCUT2D eigenvalue weighted by molar-refractivity contribution is 6.33. The van der Waals surface area contributed by atoms with Gasteiger partial charge in [0.2, 0.25) is 0 Å². The first-order valence-corrected chi connectivity index (χ1v) is 8.96. The van der Waals surface area contributed by atoms with Crippen molar-refractivity contribution in [1.82, 2.24) is 9.88 Å². The molecule has 2 aromatic rings. The number of rotatable bonds is 4. The van der Waals surface area contributed by atoms with Gasteiger partial charge in [0.1, 0.15) is 21.6 Å². The molecule has 1 aromatic carbocycles. The number of pyridine rings is 1. The van der Waals surface area contributed by atoms with E-state index in [1.807, 2.05) is 0 Å². The molecule has 0 radical (unpaired) electrons. The summed E-state index contributed by atoms with van der Waals surface area (Å²) in [6.45, 7) is 1.57. The van der Waals surface area contributed by atoms with Crippen LogP contribution in [0.5, 0.6) is 5.75 Å². The number of benzene rings is 1. The minimum absolute atomic E-state index is 0.0182. The second-order valence-electron chi connectivity index (χ2n) is 6.60. The smallest absolute Gasteiger partial charge is 0.406 e. The number of carbonyl (C=O) groups excluding carboxylic acids is 2. The Morgan fingerprint density at radius 2 is 1.66 bits per heavy atom. The zero-order chi connectivity index (χ0) is 21.6. The van der Waals surface area contributed by atoms with Gasteiger partial charge in [0.25, 0.3) is 5.91 Å². The minimum Gasteiger partial charge on any atom is -0.406 e. The number of urea groups is 1. The van der Waals surface area contributed by atoms with Gasteiger partial charge in [-0.15, -0.1) is 13.2 Å². The summed E-state index contributed by atoms with van der Waals surface area (Å²) in [4.78, 5) is 31.8. The van der Waals surface area contributed by atoms with Gasteiger partial charge in [0.15, 0.2) is 0 Å². The third kappa shape index (κ3) is 4.25. The van der Waals surface area contributed by atoms with Gasteiger partial charge in [-0.05, 0) is 36.8 Å². The molecule has 1 fully saturated rings. The molecule has 29 heavy (non-hydrogen) atoms. The maximum Gasteiger partial charge on any atom is 0.573 e. The summed E-state index contributed by atoms with van der Waals surface area (Å²) >= 11 is 11.7. The molecule has 154 valence electrons. The lowest BCUT2D eigenvalue weighted by Gasteiger charge is -2.28. The highest BCUT2D eigenvalue weighted by atomic mass is 35.5. The van der Waals surface area contributed by atoms with E-state index in [-0.39, 0.29) is 28.2 Å². The van der Waals surface area contributed by atoms with E-state index in [0.717, 1.165) is 17.0 Å². The number of halogens is 5. The number of nitrogens with zero attached hydrogens (tertiary/aromatic N) is 3. The van der Waals surface area contributed by atoms with Crippen LogP contribution in [0.4, 0.5) is 23.7 Å². The number of aromatic nitrogens is 1. The lowest BCUT2D eigenvalue weighted by molar-refractivity contribution is -0.274. The number of anilines is 1. The standard InChI is InChI=1S/C18H14Cl2F3N3O3/c1-17(9-10-3-5-12(6-4-10)29-18(21,22)23)15(27)26(16(28)25(17)2)11-7-13(19)24-14(20)8-11/h3-8H,9H2,1-2H3. The Hall–Kier alpha value is -2.52. The van der Waals surface area contributed by atoms with Gasteiger partial charge in [0.05, 0.1) is 5.69 Å². The molecule has 0 N–H and O–H groups in total. The van der Waals surface area contributed by atoms with E-state index in [1.54, 1.807) is 6.92 Å². The molecule has 6 nitrogen and oxygen atoms in total. The number of likely N-dealkylation sites (N-methyl/N-ethyl adjacent to an activating group) is 1. The fourth-order valence-corrected chi connectivity index (χ4v) is 3.49. The van der Waals surface area contributed by atoms with Crippen LogP contribution >= 0.6 is 23.2 Å². The SMILES string of the molecule is CN1C(=O)N(c2cc(Cl)nc(Cl)c2)C(=O)C1(C)Cc1ccc(OC(F)(F)F)cc1. The van der Waals surface area contributed by atoms with Crippen molar-refractivity contribution in [3.8, 4) is 5.75 Å². The Bertz CT molecular complexity index is 949. The van der Waals surface area contributed by atoms with Gasteiger partial charge in [-0.1, -0.05) is 35.3 Å². The van der Waals surface area contributed by atoms with Crippen LogP contribution in [-0.4, -0.2) is 40.8 Å². The maximum absolute atomic E-state index is 13.1. The maximum atomic E-state index is 13.1. The minimum atomic E-state index is -4.80. The number of hydrogen-bond acceptors (Lipinski definition) is 4. The highest BCUT2D eigenvalue weighted by Gasteiger charge is 2.53. The normalized spacial score (nSPS) is 19.8. The van der Waals surface area contributed by atoms with Gasteiger partial charge >= 0.3 is 12.4 Å². The van der Waals surface area contributed by atoms with Crippen LogP contribution in [0.3, 0.4) is 0 Å². The van der Waals surface area contributed by atoms with Crippen molar-refractivity contribution >= 4 is 40.8 Å². The molecule has 1 aromatic heterocycles. The lowest BCUT2D eigenvalue weighted by Crippen LogP contribution is -2.47. The summed E-state index contributed by atoms with van der Waals surface area (Å²) in [7, 11) is 1.46. The number of alkyl halides is 3. The Kier molecular flexibility index (Phi) is 5.40. The number of imide groups is 1. The van der Waals surface area contributed by atoms with E-state index in [1.165, 1.54) is 36.2 Å². The first-order chi connectivity index (χ1) is 13.4. The van der Waals surface area contributed by atoms with Crippen molar-refractivity contribution in [1.29, 1.82) is 0 Å². The van der Waals surface area contributed by atoms with E-state index in [0.29, 0.717) is 5.56 Å². The molecular weight excluding hydrogens is 434 g/mol. The quantitative estimate of drug-likeness (QED) is 0.503. The molecule has 3 rings (SSSR count). The average molecular weight is 448 g/mol. The molecule has 3 amide bonds. The Labute approximate surface area is 173 Å². The topological polar surface area (TPSA) is 62.7 Å². The molecule has 1 aliphatic rings. The summed E-state index contributed by atoms with van der Waals surface area (Å²) < 4.78 is 40.7. The van der Waals surface area contributed by atoms with Crippen LogP contribution in [0.2, 0.25) is 10.3 Å². The van der Waals surface area contributed by atoms with Crippen molar-refractivity contribution < 1.29 is 27.5 Å². The monoisotopic (exact) mass is 447 g/mol. The van der Waals surface area contributed by atoms with Gasteiger partial charge in [-0.25, -0.2) is 14.7 Å². The predicted octanol–water partition coefficient (Wildman–Crippen LogP) is 4.69. The third-order valence-electron chi connectivity index (χ3n) is 4.59. The summed E-state index contributed by atoms with van der Waals surface area (Å²) in [5.74, 6) is -0.907. The fraction of sp³-hybridized carbons (Fsp3) is 0.278. The summed E-state index contributed by atoms with van der Waals surface area (Å²) in [6, 6.07) is 7.19. The van der Waals surface area contributed by atoms with Gasteiger partial charge in [-0.2, -0.15) is 0 Å². The molecule has 11 heteroatoms. The zero-order valence-electron chi connectivity index (χ0n) is 15.1. The van der Waals surface area contributed by atoms with Crippen LogP contribution in [0.15, 0.2) is 36.4 Å². The van der Waals surface area contributed by atoms with Crippen molar-refractivity contribution in [3.63, 3.8) is 0 Å². The number of hydrogen-bond donors (Lipinski definition) is 0. The Morgan fingerprint density at radius 1 is 1.10 bits per heavy atom. The van der Waals surface area contributed by atoms with E-state index in [9.17, 15) is 22.8 Å². The zero-order valence-corrected chi connectivity index (χ0v) is 16.6. The Morgan fingerprint density at radius 3 is 2.17 bits per heavy atom. The van der Waals surface area contributed by atoms with Gasteiger partial charge < -0.3 is 9.64 Å². The molecule has 0 spiro atoms. The molecule has 2 heterocycles. The van der Waals surface area contributed by atoms with Crippen LogP contribution in [-0.2, 0) is 11.2 Å². The van der Waals surface area contributed by atoms with E-state index in [2.05, 4.69) is 9.72 Å². The first-order valence-electron chi connectivity index (χ1n) is 8.21. The predicted molar refractivity (Wildman–Crippen MR) is 100 cm³/mol. The number of ether oxygens (including phenoxy) is 1. The summed E-state index contributed by atoms with van der Waals surface area (Å²) in [6.07, 6.45) is -4.72. The summed E-state index contributed by atoms with van der Waals surface area (Å²) in [5.41, 5.74) is -0.553. The number of carbonyl (C=O) groups is 2. The highest BCUT2D eigenvalue weighted by Crippen LogP contribution is 2.35. The van der Waals surface area contributed by atoms with Crippen LogP contribution in [0.1, 0.15) is 12.5 Å². The second kappa shape index (κ2) is 7.38. The van der Waals surface area contributed by atoms with Gasteiger partial charge in [0, 0.05) is 13.5 Å². The van der Waals surface area contributed by atoms with E-state index < -0.39 is 23.8 Å². The molecule has 0 saturated carbocycles. The van der Waals surface area contributed by atoms with Crippen molar-refractivity contribution in [2.24, 2.45) is 0 Å². The van der Waals surface area contributed by atoms with E-state index >= 15 is 0 Å². The van der Waals surface area contributed by atoms with Crippen LogP contribution in [0, 0.1) is 0 Å². The van der Waals surface area contributed by atoms with Crippen molar-refractivity contribution in [2.75, 3.05) is 11.9 Å². The molecule has 1 unspecified atom stereocenters. The van der Waals surface area contributed by atoms with Crippen LogP contribution < -0.4 is 9.64 Å². The summed E-state index contributed by atoms with van der Waals surface area (Å²) in [5, 5.41) is 0.0363. The van der Waals surface area contributed by atoms with E-state index in [4.69, 9.17) is 23.2 Å². The Balaban J connectivity index is 1.87. The van der Waals surface area contributed by atoms with Crippen molar-refractivity contribution in [2.45, 2.75) is 25.2 Å². The molecule has 1 aliphatic heterocycles. The van der Waals surface area contributed by atoms with Crippen molar-refractivity contribution in [3.05, 3.63) is 52.3 Å². The first kappa shape index (κ1) is 21.2. The average Bonchev–Trinajstić information content (AvgIpc) is 2.75. The van der Waals surface area contributed by atoms with Crippen LogP contribution in [0.25, 0.3) is 0 Å². The lowest BCUT2D eigenvalue weighted by atomic mass is 9.91. The molecule has 0 bridgehead atoms. The molecular formula is C18H14Cl2F3N3O3. The second-order valence-corrected chi connectivity index (χ2v) is 7.37. The van der Waals surface area contributed by atoms with Gasteiger partial charge in [-0.3, -0.25) is 4.79 Å².